The molecule has 4 heterocycles. The molecule has 236 valence electrons. The number of ether oxygens (including phenoxy) is 1. The summed E-state index contributed by atoms with van der Waals surface area (Å²) in [6.45, 7) is 2.79. The maximum absolute atomic E-state index is 14.0. The Kier molecular flexibility index (Phi) is 7.33. The Bertz CT molecular complexity index is 1840. The van der Waals surface area contributed by atoms with Gasteiger partial charge in [0.25, 0.3) is 5.91 Å². The number of carbonyl (C=O) groups excluding carboxylic acids is 1. The Morgan fingerprint density at radius 1 is 1.09 bits per heavy atom. The van der Waals surface area contributed by atoms with Gasteiger partial charge >= 0.3 is 6.61 Å². The number of rotatable bonds is 7. The Morgan fingerprint density at radius 3 is 2.41 bits per heavy atom. The maximum Gasteiger partial charge on any atom is 0.387 e. The van der Waals surface area contributed by atoms with Gasteiger partial charge in [-0.3, -0.25) is 4.79 Å². The summed E-state index contributed by atoms with van der Waals surface area (Å²) in [5.41, 5.74) is 3.54. The zero-order chi connectivity index (χ0) is 32.8. The van der Waals surface area contributed by atoms with Crippen LogP contribution in [0.25, 0.3) is 22.2 Å². The van der Waals surface area contributed by atoms with E-state index in [0.29, 0.717) is 23.4 Å². The van der Waals surface area contributed by atoms with Gasteiger partial charge in [0, 0.05) is 46.9 Å². The standard InChI is InChI=1S/C31H35B3F2N6O3S/c1-29(2,3)46(44)40-30(10-5-11-30)27-37-14-17(15-38-27)16-8-9-19-20(12-16)41-21-13-22(25(41)39-19)42(31(32,33)34)26(43)18-6-4-7-23(24(18)21)45-28(35)36/h4,6-9,12,14-15,21-22,28,40H,5,10-11,13,32-34H2,1-3H3/t21-,22-,46?/m1/s1. The molecule has 0 radical (unpaired) electrons. The molecule has 3 atom stereocenters. The molecule has 1 amide bonds. The second-order valence-electron chi connectivity index (χ2n) is 14.5. The molecule has 3 aliphatic rings. The summed E-state index contributed by atoms with van der Waals surface area (Å²) in [5, 5.41) is -0.558. The molecule has 1 fully saturated rings. The molecular formula is C31H35B3F2N6O3S. The lowest BCUT2D eigenvalue weighted by Gasteiger charge is -2.42. The van der Waals surface area contributed by atoms with E-state index >= 15 is 0 Å². The van der Waals surface area contributed by atoms with Crippen LogP contribution in [-0.2, 0) is 16.9 Å². The number of nitrogens with one attached hydrogen (secondary N) is 1. The molecule has 2 aromatic carbocycles. The number of amides is 1. The zero-order valence-corrected chi connectivity index (χ0v) is 27.6. The molecule has 7 rings (SSSR count). The lowest BCUT2D eigenvalue weighted by Crippen LogP contribution is -2.55. The van der Waals surface area contributed by atoms with Gasteiger partial charge in [0.1, 0.15) is 45.4 Å². The summed E-state index contributed by atoms with van der Waals surface area (Å²) in [6.07, 6.45) is 6.72. The molecule has 2 aromatic heterocycles. The number of hydrogen-bond donors (Lipinski definition) is 1. The highest BCUT2D eigenvalue weighted by molar-refractivity contribution is 7.90. The van der Waals surface area contributed by atoms with Crippen molar-refractivity contribution in [1.82, 2.24) is 29.1 Å². The summed E-state index contributed by atoms with van der Waals surface area (Å²) < 4.78 is 50.1. The van der Waals surface area contributed by atoms with E-state index in [-0.39, 0.29) is 17.7 Å². The van der Waals surface area contributed by atoms with Crippen LogP contribution in [0, 0.1) is 0 Å². The molecule has 0 spiro atoms. The van der Waals surface area contributed by atoms with Gasteiger partial charge in [-0.2, -0.15) is 8.78 Å². The zero-order valence-electron chi connectivity index (χ0n) is 26.8. The fraction of sp³-hybridized carbons (Fsp3) is 0.419. The number of aromatic nitrogens is 4. The van der Waals surface area contributed by atoms with E-state index in [9.17, 15) is 18.1 Å². The van der Waals surface area contributed by atoms with Crippen molar-refractivity contribution in [2.75, 3.05) is 0 Å². The summed E-state index contributed by atoms with van der Waals surface area (Å²) in [4.78, 5) is 30.3. The van der Waals surface area contributed by atoms with Crippen molar-refractivity contribution in [3.63, 3.8) is 0 Å². The maximum atomic E-state index is 14.0. The average Bonchev–Trinajstić information content (AvgIpc) is 3.46. The van der Waals surface area contributed by atoms with Crippen molar-refractivity contribution in [3.8, 4) is 16.9 Å². The van der Waals surface area contributed by atoms with E-state index in [2.05, 4.69) is 9.29 Å². The van der Waals surface area contributed by atoms with Crippen molar-refractivity contribution in [2.24, 2.45) is 0 Å². The van der Waals surface area contributed by atoms with Gasteiger partial charge in [0.15, 0.2) is 5.82 Å². The Labute approximate surface area is 272 Å². The van der Waals surface area contributed by atoms with Crippen LogP contribution < -0.4 is 9.46 Å². The third kappa shape index (κ3) is 5.02. The molecule has 1 unspecified atom stereocenters. The third-order valence-electron chi connectivity index (χ3n) is 9.34. The molecule has 4 aromatic rings. The molecule has 1 saturated carbocycles. The highest BCUT2D eigenvalue weighted by atomic mass is 32.2. The number of nitrogens with zero attached hydrogens (tertiary/aromatic N) is 5. The van der Waals surface area contributed by atoms with E-state index in [1.807, 2.05) is 67.4 Å². The minimum atomic E-state index is -3.03. The molecule has 9 nitrogen and oxygen atoms in total. The van der Waals surface area contributed by atoms with E-state index in [0.717, 1.165) is 47.2 Å². The molecule has 46 heavy (non-hydrogen) atoms. The first-order chi connectivity index (χ1) is 21.7. The van der Waals surface area contributed by atoms with Gasteiger partial charge in [-0.25, -0.2) is 15.0 Å². The van der Waals surface area contributed by atoms with Crippen LogP contribution in [-0.4, -0.2) is 75.0 Å². The van der Waals surface area contributed by atoms with Crippen LogP contribution in [0.15, 0.2) is 48.8 Å². The number of halogens is 2. The minimum Gasteiger partial charge on any atom is -0.598 e. The van der Waals surface area contributed by atoms with Gasteiger partial charge in [-0.15, -0.1) is 4.72 Å². The predicted molar refractivity (Wildman–Crippen MR) is 180 cm³/mol. The second-order valence-corrected chi connectivity index (χ2v) is 16.4. The molecule has 0 saturated heterocycles. The summed E-state index contributed by atoms with van der Waals surface area (Å²) in [6, 6.07) is 9.91. The lowest BCUT2D eigenvalue weighted by molar-refractivity contribution is -0.0507. The first-order valence-corrected chi connectivity index (χ1v) is 16.8. The van der Waals surface area contributed by atoms with Gasteiger partial charge in [0.05, 0.1) is 23.1 Å². The van der Waals surface area contributed by atoms with Crippen molar-refractivity contribution in [3.05, 3.63) is 71.6 Å². The van der Waals surface area contributed by atoms with Crippen molar-refractivity contribution in [2.45, 2.75) is 80.7 Å². The number of alkyl halides is 2. The Morgan fingerprint density at radius 2 is 1.80 bits per heavy atom. The van der Waals surface area contributed by atoms with Crippen LogP contribution in [0.4, 0.5) is 8.78 Å². The van der Waals surface area contributed by atoms with E-state index in [1.54, 1.807) is 24.5 Å². The Balaban J connectivity index is 1.31. The SMILES string of the molecule is BC(B)(B)N1C(=O)c2cccc(OC(F)F)c2[C@H]2C[C@@H]1c1nc3ccc(-c4cnc(C5(N[S+]([O-])C(C)(C)C)CCC5)nc4)cc3n12. The van der Waals surface area contributed by atoms with E-state index in [4.69, 9.17) is 19.7 Å². The van der Waals surface area contributed by atoms with Crippen molar-refractivity contribution in [1.29, 1.82) is 0 Å². The van der Waals surface area contributed by atoms with Gasteiger partial charge in [-0.1, -0.05) is 12.1 Å². The fourth-order valence-electron chi connectivity index (χ4n) is 7.02. The summed E-state index contributed by atoms with van der Waals surface area (Å²) in [7, 11) is 5.92. The monoisotopic (exact) mass is 642 g/mol. The van der Waals surface area contributed by atoms with Gasteiger partial charge in [0.2, 0.25) is 0 Å². The minimum absolute atomic E-state index is 0.00104. The first-order valence-electron chi connectivity index (χ1n) is 15.6. The Hall–Kier alpha value is -3.42. The highest BCUT2D eigenvalue weighted by Crippen LogP contribution is 2.51. The molecule has 2 bridgehead atoms. The second kappa shape index (κ2) is 10.8. The number of carbonyl (C=O) groups is 1. The van der Waals surface area contributed by atoms with Crippen molar-refractivity contribution < 1.29 is 22.9 Å². The predicted octanol–water partition coefficient (Wildman–Crippen LogP) is 2.53. The smallest absolute Gasteiger partial charge is 0.387 e. The molecular weight excluding hydrogens is 607 g/mol. The number of fused-ring (bicyclic) bond motifs is 9. The highest BCUT2D eigenvalue weighted by Gasteiger charge is 2.49. The number of benzene rings is 2. The van der Waals surface area contributed by atoms with Gasteiger partial charge < -0.3 is 18.8 Å². The molecule has 2 aliphatic heterocycles. The van der Waals surface area contributed by atoms with Crippen LogP contribution >= 0.6 is 0 Å². The number of hydrogen-bond acceptors (Lipinski definition) is 7. The van der Waals surface area contributed by atoms with E-state index in [1.165, 1.54) is 6.07 Å². The quantitative estimate of drug-likeness (QED) is 0.244. The molecule has 15 heteroatoms. The summed E-state index contributed by atoms with van der Waals surface area (Å²) in [5.74, 6) is 1.12. The average molecular weight is 642 g/mol. The van der Waals surface area contributed by atoms with Crippen LogP contribution in [0.2, 0.25) is 0 Å². The van der Waals surface area contributed by atoms with Crippen molar-refractivity contribution >= 4 is 51.8 Å². The third-order valence-corrected chi connectivity index (χ3v) is 11.0. The van der Waals surface area contributed by atoms with Crippen LogP contribution in [0.1, 0.15) is 86.1 Å². The largest absolute Gasteiger partial charge is 0.598 e. The van der Waals surface area contributed by atoms with Gasteiger partial charge in [-0.05, 0) is 75.1 Å². The van der Waals surface area contributed by atoms with E-state index < -0.39 is 39.5 Å². The molecule has 1 N–H and O–H groups in total. The summed E-state index contributed by atoms with van der Waals surface area (Å²) >= 11 is -1.26. The van der Waals surface area contributed by atoms with Crippen LogP contribution in [0.3, 0.4) is 0 Å². The normalized spacial score (nSPS) is 21.1. The first kappa shape index (κ1) is 31.2. The van der Waals surface area contributed by atoms with Crippen LogP contribution in [0.5, 0.6) is 5.75 Å². The fourth-order valence-corrected chi connectivity index (χ4v) is 7.97. The molecule has 1 aliphatic carbocycles. The lowest BCUT2D eigenvalue weighted by atomic mass is 9.48. The topological polar surface area (TPSA) is 108 Å². The number of imidazole rings is 1.